The smallest absolute Gasteiger partial charge is 0.303 e. The first-order valence-electron chi connectivity index (χ1n) is 7.50. The van der Waals surface area contributed by atoms with E-state index in [0.717, 1.165) is 5.57 Å². The van der Waals surface area contributed by atoms with Gasteiger partial charge in [0.2, 0.25) is 0 Å². The number of ether oxygens (including phenoxy) is 4. The van der Waals surface area contributed by atoms with E-state index in [1.165, 1.54) is 20.8 Å². The van der Waals surface area contributed by atoms with Gasteiger partial charge >= 0.3 is 17.9 Å². The van der Waals surface area contributed by atoms with Gasteiger partial charge < -0.3 is 18.9 Å². The van der Waals surface area contributed by atoms with Crippen molar-refractivity contribution in [3.05, 3.63) is 11.6 Å². The van der Waals surface area contributed by atoms with Gasteiger partial charge in [0.05, 0.1) is 6.10 Å². The molecule has 7 nitrogen and oxygen atoms in total. The molecule has 4 atom stereocenters. The maximum atomic E-state index is 11.4. The van der Waals surface area contributed by atoms with Crippen LogP contribution in [0.4, 0.5) is 0 Å². The first kappa shape index (κ1) is 19.2. The summed E-state index contributed by atoms with van der Waals surface area (Å²) in [6, 6.07) is 0. The third kappa shape index (κ3) is 6.02. The predicted octanol–water partition coefficient (Wildman–Crippen LogP) is 1.54. The Kier molecular flexibility index (Phi) is 7.22. The maximum Gasteiger partial charge on any atom is 0.303 e. The second-order valence-corrected chi connectivity index (χ2v) is 5.47. The lowest BCUT2D eigenvalue weighted by molar-refractivity contribution is -0.205. The van der Waals surface area contributed by atoms with Crippen LogP contribution in [0, 0.1) is 0 Å². The monoisotopic (exact) mass is 328 g/mol. The van der Waals surface area contributed by atoms with E-state index in [4.69, 9.17) is 18.9 Å². The third-order valence-electron chi connectivity index (χ3n) is 3.50. The molecule has 0 N–H and O–H groups in total. The zero-order valence-electron chi connectivity index (χ0n) is 14.2. The predicted molar refractivity (Wildman–Crippen MR) is 80.5 cm³/mol. The van der Waals surface area contributed by atoms with E-state index in [1.807, 2.05) is 19.9 Å². The highest BCUT2D eigenvalue weighted by molar-refractivity contribution is 5.67. The molecular weight excluding hydrogens is 304 g/mol. The number of carbonyl (C=O) groups excluding carboxylic acids is 3. The number of hydrogen-bond acceptors (Lipinski definition) is 7. The molecule has 1 aliphatic rings. The number of carbonyl (C=O) groups is 3. The van der Waals surface area contributed by atoms with Gasteiger partial charge in [-0.1, -0.05) is 6.08 Å². The average Bonchev–Trinajstić information content (AvgIpc) is 2.45. The quantitative estimate of drug-likeness (QED) is 0.429. The van der Waals surface area contributed by atoms with E-state index in [2.05, 4.69) is 0 Å². The molecule has 0 aliphatic carbocycles. The topological polar surface area (TPSA) is 88.1 Å². The maximum absolute atomic E-state index is 11.4. The molecule has 1 aliphatic heterocycles. The Labute approximate surface area is 135 Å². The SMILES string of the molecule is C/C=C(\C)[C@@H]1O[C@H](COC(C)=O)C[C@H](OC(C)=O)[C@H]1OC(C)=O. The summed E-state index contributed by atoms with van der Waals surface area (Å²) < 4.78 is 21.5. The standard InChI is InChI=1S/C16H24O7/c1-6-9(2)15-16(22-12(5)19)14(21-11(4)18)7-13(23-15)8-20-10(3)17/h6,13-16H,7-8H2,1-5H3/b9-6+/t13-,14-,15-,16+/m0/s1. The lowest BCUT2D eigenvalue weighted by atomic mass is 9.93. The van der Waals surface area contributed by atoms with Gasteiger partial charge in [-0.05, 0) is 19.4 Å². The van der Waals surface area contributed by atoms with Crippen LogP contribution in [0.15, 0.2) is 11.6 Å². The Morgan fingerprint density at radius 1 is 1.04 bits per heavy atom. The Bertz CT molecular complexity index is 483. The van der Waals surface area contributed by atoms with E-state index in [0.29, 0.717) is 0 Å². The molecule has 23 heavy (non-hydrogen) atoms. The highest BCUT2D eigenvalue weighted by atomic mass is 16.6. The first-order valence-corrected chi connectivity index (χ1v) is 7.50. The summed E-state index contributed by atoms with van der Waals surface area (Å²) in [5.74, 6) is -1.38. The molecule has 0 saturated carbocycles. The van der Waals surface area contributed by atoms with Crippen molar-refractivity contribution in [1.29, 1.82) is 0 Å². The molecule has 1 fully saturated rings. The fourth-order valence-electron chi connectivity index (χ4n) is 2.43. The van der Waals surface area contributed by atoms with Crippen LogP contribution in [0.3, 0.4) is 0 Å². The minimum atomic E-state index is -0.735. The van der Waals surface area contributed by atoms with Gasteiger partial charge in [-0.3, -0.25) is 14.4 Å². The Hall–Kier alpha value is -1.89. The number of rotatable bonds is 5. The fourth-order valence-corrected chi connectivity index (χ4v) is 2.43. The summed E-state index contributed by atoms with van der Waals surface area (Å²) in [7, 11) is 0. The van der Waals surface area contributed by atoms with Gasteiger partial charge in [0, 0.05) is 27.2 Å². The molecule has 0 spiro atoms. The molecule has 0 aromatic heterocycles. The normalized spacial score (nSPS) is 28.0. The van der Waals surface area contributed by atoms with Gasteiger partial charge in [0.15, 0.2) is 6.10 Å². The van der Waals surface area contributed by atoms with Gasteiger partial charge in [-0.25, -0.2) is 0 Å². The summed E-state index contributed by atoms with van der Waals surface area (Å²) in [4.78, 5) is 33.7. The van der Waals surface area contributed by atoms with Crippen molar-refractivity contribution in [2.75, 3.05) is 6.61 Å². The number of hydrogen-bond donors (Lipinski definition) is 0. The molecule has 0 unspecified atom stereocenters. The van der Waals surface area contributed by atoms with E-state index in [-0.39, 0.29) is 13.0 Å². The zero-order valence-corrected chi connectivity index (χ0v) is 14.2. The second kappa shape index (κ2) is 8.67. The first-order chi connectivity index (χ1) is 10.7. The molecule has 0 aromatic rings. The minimum absolute atomic E-state index is 0.0490. The molecule has 0 aromatic carbocycles. The molecule has 0 radical (unpaired) electrons. The summed E-state index contributed by atoms with van der Waals surface area (Å²) in [5.41, 5.74) is 0.834. The minimum Gasteiger partial charge on any atom is -0.463 e. The second-order valence-electron chi connectivity index (χ2n) is 5.47. The van der Waals surface area contributed by atoms with E-state index in [9.17, 15) is 14.4 Å². The van der Waals surface area contributed by atoms with E-state index in [1.54, 1.807) is 0 Å². The van der Waals surface area contributed by atoms with E-state index >= 15 is 0 Å². The van der Waals surface area contributed by atoms with Crippen molar-refractivity contribution in [3.8, 4) is 0 Å². The van der Waals surface area contributed by atoms with Crippen molar-refractivity contribution < 1.29 is 33.3 Å². The van der Waals surface area contributed by atoms with Crippen LogP contribution in [0.2, 0.25) is 0 Å². The number of allylic oxidation sites excluding steroid dienone is 1. The number of esters is 3. The van der Waals surface area contributed by atoms with Crippen molar-refractivity contribution in [2.24, 2.45) is 0 Å². The largest absolute Gasteiger partial charge is 0.463 e. The molecule has 0 bridgehead atoms. The van der Waals surface area contributed by atoms with Crippen molar-refractivity contribution in [1.82, 2.24) is 0 Å². The molecule has 0 amide bonds. The molecule has 1 saturated heterocycles. The van der Waals surface area contributed by atoms with Crippen molar-refractivity contribution in [2.45, 2.75) is 65.5 Å². The van der Waals surface area contributed by atoms with E-state index < -0.39 is 42.3 Å². The van der Waals surface area contributed by atoms with Crippen LogP contribution in [0.5, 0.6) is 0 Å². The Morgan fingerprint density at radius 2 is 1.65 bits per heavy atom. The van der Waals surface area contributed by atoms with Crippen LogP contribution >= 0.6 is 0 Å². The Balaban J connectivity index is 3.00. The zero-order chi connectivity index (χ0) is 17.6. The van der Waals surface area contributed by atoms with Gasteiger partial charge in [-0.2, -0.15) is 0 Å². The average molecular weight is 328 g/mol. The summed E-state index contributed by atoms with van der Waals surface area (Å²) in [6.45, 7) is 7.60. The van der Waals surface area contributed by atoms with Crippen LogP contribution in [-0.2, 0) is 33.3 Å². The molecule has 1 heterocycles. The van der Waals surface area contributed by atoms with Crippen LogP contribution < -0.4 is 0 Å². The summed E-state index contributed by atoms with van der Waals surface area (Å²) in [6.07, 6.45) is -0.303. The lowest BCUT2D eigenvalue weighted by Crippen LogP contribution is -2.53. The fraction of sp³-hybridized carbons (Fsp3) is 0.688. The third-order valence-corrected chi connectivity index (χ3v) is 3.50. The summed E-state index contributed by atoms with van der Waals surface area (Å²) in [5, 5.41) is 0. The van der Waals surface area contributed by atoms with Gasteiger partial charge in [-0.15, -0.1) is 0 Å². The van der Waals surface area contributed by atoms with Crippen LogP contribution in [-0.4, -0.2) is 48.9 Å². The Morgan fingerprint density at radius 3 is 2.13 bits per heavy atom. The molecule has 7 heteroatoms. The van der Waals surface area contributed by atoms with Crippen LogP contribution in [0.25, 0.3) is 0 Å². The molecule has 1 rings (SSSR count). The highest BCUT2D eigenvalue weighted by Gasteiger charge is 2.43. The van der Waals surface area contributed by atoms with Gasteiger partial charge in [0.25, 0.3) is 0 Å². The van der Waals surface area contributed by atoms with Gasteiger partial charge in [0.1, 0.15) is 18.8 Å². The lowest BCUT2D eigenvalue weighted by Gasteiger charge is -2.40. The van der Waals surface area contributed by atoms with Crippen molar-refractivity contribution in [3.63, 3.8) is 0 Å². The molecule has 130 valence electrons. The molecular formula is C16H24O7. The van der Waals surface area contributed by atoms with Crippen LogP contribution in [0.1, 0.15) is 41.0 Å². The van der Waals surface area contributed by atoms with Crippen molar-refractivity contribution >= 4 is 17.9 Å². The summed E-state index contributed by atoms with van der Waals surface area (Å²) >= 11 is 0. The highest BCUT2D eigenvalue weighted by Crippen LogP contribution is 2.30.